The van der Waals surface area contributed by atoms with Crippen molar-refractivity contribution in [2.75, 3.05) is 22.1 Å². The van der Waals surface area contributed by atoms with Crippen LogP contribution in [-0.4, -0.2) is 18.5 Å². The van der Waals surface area contributed by atoms with Crippen molar-refractivity contribution in [2.45, 2.75) is 25.7 Å². The summed E-state index contributed by atoms with van der Waals surface area (Å²) in [7, 11) is 0. The molecule has 5 nitrogen and oxygen atoms in total. The van der Waals surface area contributed by atoms with Gasteiger partial charge in [0.1, 0.15) is 5.82 Å². The number of urea groups is 1. The molecule has 2 aromatic rings. The van der Waals surface area contributed by atoms with Gasteiger partial charge >= 0.3 is 6.03 Å². The van der Waals surface area contributed by atoms with Gasteiger partial charge in [0.05, 0.1) is 0 Å². The molecule has 0 unspecified atom stereocenters. The molecule has 2 aromatic carbocycles. The number of hydrogen-bond acceptors (Lipinski definition) is 2. The molecule has 0 spiro atoms. The number of fused-ring (bicyclic) bond motifs is 1. The molecule has 0 atom stereocenters. The van der Waals surface area contributed by atoms with E-state index in [1.54, 1.807) is 0 Å². The van der Waals surface area contributed by atoms with Gasteiger partial charge in [0, 0.05) is 29.5 Å². The lowest BCUT2D eigenvalue weighted by Crippen LogP contribution is -2.36. The van der Waals surface area contributed by atoms with Gasteiger partial charge in [-0.1, -0.05) is 0 Å². The fourth-order valence-corrected chi connectivity index (χ4v) is 3.28. The normalized spacial score (nSPS) is 16.0. The van der Waals surface area contributed by atoms with Crippen LogP contribution >= 0.6 is 0 Å². The zero-order valence-electron chi connectivity index (χ0n) is 14.3. The van der Waals surface area contributed by atoms with Crippen molar-refractivity contribution < 1.29 is 14.0 Å². The first kappa shape index (κ1) is 16.6. The second-order valence-corrected chi connectivity index (χ2v) is 6.80. The minimum atomic E-state index is -0.390. The van der Waals surface area contributed by atoms with E-state index >= 15 is 0 Å². The van der Waals surface area contributed by atoms with E-state index in [1.807, 2.05) is 23.1 Å². The number of aryl methyl sites for hydroxylation is 1. The maximum atomic E-state index is 12.9. The minimum Gasteiger partial charge on any atom is -0.312 e. The van der Waals surface area contributed by atoms with Crippen LogP contribution in [0.1, 0.15) is 24.8 Å². The fourth-order valence-electron chi connectivity index (χ4n) is 3.28. The topological polar surface area (TPSA) is 61.4 Å². The fraction of sp³-hybridized carbons (Fsp3) is 0.300. The Morgan fingerprint density at radius 2 is 1.69 bits per heavy atom. The van der Waals surface area contributed by atoms with Gasteiger partial charge in [-0.15, -0.1) is 0 Å². The Hall–Kier alpha value is -2.89. The molecule has 1 fully saturated rings. The van der Waals surface area contributed by atoms with Gasteiger partial charge in [0.25, 0.3) is 0 Å². The third-order valence-corrected chi connectivity index (χ3v) is 4.75. The number of nitrogens with one attached hydrogen (secondary N) is 2. The summed E-state index contributed by atoms with van der Waals surface area (Å²) in [4.78, 5) is 26.4. The van der Waals surface area contributed by atoms with E-state index in [-0.39, 0.29) is 17.6 Å². The molecule has 26 heavy (non-hydrogen) atoms. The largest absolute Gasteiger partial charge is 0.323 e. The third-order valence-electron chi connectivity index (χ3n) is 4.75. The van der Waals surface area contributed by atoms with Crippen molar-refractivity contribution in [2.24, 2.45) is 5.92 Å². The number of rotatable bonds is 3. The SMILES string of the molecule is O=C(Nc1ccc(F)cc1)Nc1ccc2c(c1)CCCN2C(=O)C1CC1. The molecule has 1 saturated carbocycles. The Bertz CT molecular complexity index is 847. The van der Waals surface area contributed by atoms with Crippen molar-refractivity contribution in [3.05, 3.63) is 53.8 Å². The third kappa shape index (κ3) is 3.54. The van der Waals surface area contributed by atoms with E-state index in [0.29, 0.717) is 11.4 Å². The summed E-state index contributed by atoms with van der Waals surface area (Å²) in [6, 6.07) is 10.8. The van der Waals surface area contributed by atoms with Crippen molar-refractivity contribution in [1.82, 2.24) is 0 Å². The number of halogens is 1. The molecule has 3 amide bonds. The number of carbonyl (C=O) groups excluding carboxylic acids is 2. The van der Waals surface area contributed by atoms with E-state index < -0.39 is 6.03 Å². The van der Waals surface area contributed by atoms with Crippen LogP contribution in [0.3, 0.4) is 0 Å². The predicted octanol–water partition coefficient (Wildman–Crippen LogP) is 4.16. The highest BCUT2D eigenvalue weighted by atomic mass is 19.1. The molecule has 0 saturated heterocycles. The van der Waals surface area contributed by atoms with Crippen molar-refractivity contribution in [1.29, 1.82) is 0 Å². The molecular formula is C20H20FN3O2. The zero-order valence-corrected chi connectivity index (χ0v) is 14.3. The number of nitrogens with zero attached hydrogens (tertiary/aromatic N) is 1. The summed E-state index contributed by atoms with van der Waals surface area (Å²) in [5.41, 5.74) is 3.22. The second-order valence-electron chi connectivity index (χ2n) is 6.80. The highest BCUT2D eigenvalue weighted by molar-refractivity contribution is 6.01. The highest BCUT2D eigenvalue weighted by Gasteiger charge is 2.35. The van der Waals surface area contributed by atoms with Crippen molar-refractivity contribution in [3.8, 4) is 0 Å². The summed E-state index contributed by atoms with van der Waals surface area (Å²) >= 11 is 0. The molecule has 1 aliphatic carbocycles. The number of anilines is 3. The van der Waals surface area contributed by atoms with E-state index in [0.717, 1.165) is 43.5 Å². The lowest BCUT2D eigenvalue weighted by molar-refractivity contribution is -0.119. The van der Waals surface area contributed by atoms with E-state index in [1.165, 1.54) is 24.3 Å². The number of hydrogen-bond donors (Lipinski definition) is 2. The monoisotopic (exact) mass is 353 g/mol. The van der Waals surface area contributed by atoms with E-state index in [9.17, 15) is 14.0 Å². The maximum absolute atomic E-state index is 12.9. The summed E-state index contributed by atoms with van der Waals surface area (Å²) in [6.07, 6.45) is 3.80. The molecule has 2 aliphatic rings. The quantitative estimate of drug-likeness (QED) is 0.870. The van der Waals surface area contributed by atoms with Crippen LogP contribution in [0.15, 0.2) is 42.5 Å². The molecule has 0 radical (unpaired) electrons. The summed E-state index contributed by atoms with van der Waals surface area (Å²) in [5.74, 6) is 0.0666. The lowest BCUT2D eigenvalue weighted by atomic mass is 10.0. The Kier molecular flexibility index (Phi) is 4.32. The van der Waals surface area contributed by atoms with Crippen LogP contribution in [0.4, 0.5) is 26.2 Å². The molecule has 1 heterocycles. The zero-order chi connectivity index (χ0) is 18.1. The van der Waals surface area contributed by atoms with Gasteiger partial charge < -0.3 is 15.5 Å². The second kappa shape index (κ2) is 6.78. The first-order valence-electron chi connectivity index (χ1n) is 8.88. The molecule has 134 valence electrons. The average Bonchev–Trinajstić information content (AvgIpc) is 3.47. The molecule has 4 rings (SSSR count). The van der Waals surface area contributed by atoms with E-state index in [2.05, 4.69) is 10.6 Å². The first-order valence-corrected chi connectivity index (χ1v) is 8.88. The van der Waals surface area contributed by atoms with Crippen molar-refractivity contribution in [3.63, 3.8) is 0 Å². The van der Waals surface area contributed by atoms with Gasteiger partial charge in [0.15, 0.2) is 0 Å². The van der Waals surface area contributed by atoms with Crippen LogP contribution in [0.5, 0.6) is 0 Å². The maximum Gasteiger partial charge on any atom is 0.323 e. The van der Waals surface area contributed by atoms with E-state index in [4.69, 9.17) is 0 Å². The standard InChI is InChI=1S/C20H20FN3O2/c21-15-5-7-16(8-6-15)22-20(26)23-17-9-10-18-14(12-17)2-1-11-24(18)19(25)13-3-4-13/h5-10,12-13H,1-4,11H2,(H2,22,23,26). The highest BCUT2D eigenvalue weighted by Crippen LogP contribution is 2.36. The molecular weight excluding hydrogens is 333 g/mol. The number of carbonyl (C=O) groups is 2. The Balaban J connectivity index is 1.45. The van der Waals surface area contributed by atoms with Crippen LogP contribution in [0.2, 0.25) is 0 Å². The average molecular weight is 353 g/mol. The van der Waals surface area contributed by atoms with Crippen LogP contribution in [0.25, 0.3) is 0 Å². The molecule has 0 bridgehead atoms. The number of benzene rings is 2. The van der Waals surface area contributed by atoms with Gasteiger partial charge in [0.2, 0.25) is 5.91 Å². The van der Waals surface area contributed by atoms with Gasteiger partial charge in [-0.25, -0.2) is 9.18 Å². The van der Waals surface area contributed by atoms with Crippen LogP contribution in [-0.2, 0) is 11.2 Å². The summed E-state index contributed by atoms with van der Waals surface area (Å²) in [5, 5.41) is 5.45. The molecule has 6 heteroatoms. The predicted molar refractivity (Wildman–Crippen MR) is 98.9 cm³/mol. The van der Waals surface area contributed by atoms with Gasteiger partial charge in [-0.3, -0.25) is 4.79 Å². The lowest BCUT2D eigenvalue weighted by Gasteiger charge is -2.30. The number of amides is 3. The van der Waals surface area contributed by atoms with Gasteiger partial charge in [-0.05, 0) is 73.7 Å². The molecule has 2 N–H and O–H groups in total. The Labute approximate surface area is 151 Å². The minimum absolute atomic E-state index is 0.195. The Morgan fingerprint density at radius 1 is 1.00 bits per heavy atom. The summed E-state index contributed by atoms with van der Waals surface area (Å²) < 4.78 is 12.9. The van der Waals surface area contributed by atoms with Crippen molar-refractivity contribution >= 4 is 29.0 Å². The Morgan fingerprint density at radius 3 is 2.42 bits per heavy atom. The first-order chi connectivity index (χ1) is 12.6. The smallest absolute Gasteiger partial charge is 0.312 e. The van der Waals surface area contributed by atoms with Gasteiger partial charge in [-0.2, -0.15) is 0 Å². The molecule has 1 aliphatic heterocycles. The molecule has 0 aromatic heterocycles. The van der Waals surface area contributed by atoms with Crippen LogP contribution < -0.4 is 15.5 Å². The summed E-state index contributed by atoms with van der Waals surface area (Å²) in [6.45, 7) is 0.764. The van der Waals surface area contributed by atoms with Crippen LogP contribution in [0, 0.1) is 11.7 Å².